The van der Waals surface area contributed by atoms with E-state index in [0.717, 1.165) is 24.2 Å². The number of ether oxygens (including phenoxy) is 2. The average Bonchev–Trinajstić information content (AvgIpc) is 3.31. The van der Waals surface area contributed by atoms with E-state index >= 15 is 0 Å². The van der Waals surface area contributed by atoms with Gasteiger partial charge in [0.25, 0.3) is 0 Å². The molecule has 8 heteroatoms. The molecule has 0 bridgehead atoms. The number of rotatable bonds is 10. The van der Waals surface area contributed by atoms with E-state index in [1.807, 2.05) is 45.9 Å². The summed E-state index contributed by atoms with van der Waals surface area (Å²) in [5.41, 5.74) is 2.80. The summed E-state index contributed by atoms with van der Waals surface area (Å²) < 4.78 is 10.4. The van der Waals surface area contributed by atoms with Gasteiger partial charge in [0.05, 0.1) is 0 Å². The van der Waals surface area contributed by atoms with Crippen molar-refractivity contribution in [2.45, 2.75) is 50.7 Å². The number of carboxylic acid groups (broad SMARTS) is 1. The molecule has 0 radical (unpaired) electrons. The van der Waals surface area contributed by atoms with Crippen LogP contribution in [0.25, 0.3) is 12.2 Å². The molecule has 2 aromatic rings. The van der Waals surface area contributed by atoms with Gasteiger partial charge in [-0.15, -0.1) is 0 Å². The summed E-state index contributed by atoms with van der Waals surface area (Å²) in [6, 6.07) is 13.1. The smallest absolute Gasteiger partial charge is 0.308 e. The van der Waals surface area contributed by atoms with Gasteiger partial charge in [-0.05, 0) is 54.5 Å². The Morgan fingerprint density at radius 3 is 2.41 bits per heavy atom. The quantitative estimate of drug-likeness (QED) is 0.178. The van der Waals surface area contributed by atoms with Crippen LogP contribution < -0.4 is 9.47 Å². The molecule has 0 aliphatic carbocycles. The monoisotopic (exact) mass is 500 g/mol. The van der Waals surface area contributed by atoms with Crippen molar-refractivity contribution in [1.82, 2.24) is 0 Å². The summed E-state index contributed by atoms with van der Waals surface area (Å²) in [4.78, 5) is 33.7. The van der Waals surface area contributed by atoms with Crippen molar-refractivity contribution in [3.05, 3.63) is 59.2 Å². The third kappa shape index (κ3) is 7.95. The number of carboxylic acids is 1. The Balaban J connectivity index is 1.78. The number of carbonyl (C=O) groups excluding carboxylic acids is 2. The normalized spacial score (nSPS) is 16.4. The number of aliphatic carboxylic acids is 1. The molecule has 1 saturated heterocycles. The van der Waals surface area contributed by atoms with E-state index in [4.69, 9.17) is 14.6 Å². The van der Waals surface area contributed by atoms with Crippen LogP contribution >= 0.6 is 21.6 Å². The van der Waals surface area contributed by atoms with Crippen LogP contribution in [0.3, 0.4) is 0 Å². The highest BCUT2D eigenvalue weighted by atomic mass is 33.1. The Morgan fingerprint density at radius 1 is 1.06 bits per heavy atom. The van der Waals surface area contributed by atoms with E-state index in [0.29, 0.717) is 34.7 Å². The molecule has 1 aliphatic heterocycles. The maximum absolute atomic E-state index is 11.5. The highest BCUT2D eigenvalue weighted by Gasteiger charge is 2.27. The van der Waals surface area contributed by atoms with Gasteiger partial charge in [0.1, 0.15) is 11.5 Å². The van der Waals surface area contributed by atoms with E-state index in [2.05, 4.69) is 12.1 Å². The van der Waals surface area contributed by atoms with Crippen molar-refractivity contribution in [3.63, 3.8) is 0 Å². The number of hydrogen-bond acceptors (Lipinski definition) is 7. The highest BCUT2D eigenvalue weighted by molar-refractivity contribution is 8.77. The van der Waals surface area contributed by atoms with Gasteiger partial charge in [-0.25, -0.2) is 0 Å². The van der Waals surface area contributed by atoms with Gasteiger partial charge in [-0.1, -0.05) is 58.0 Å². The Bertz CT molecular complexity index is 1040. The maximum atomic E-state index is 11.5. The van der Waals surface area contributed by atoms with Crippen LogP contribution in [0.1, 0.15) is 62.1 Å². The van der Waals surface area contributed by atoms with Crippen LogP contribution in [0.2, 0.25) is 0 Å². The summed E-state index contributed by atoms with van der Waals surface area (Å²) in [6.45, 7) is 2.66. The lowest BCUT2D eigenvalue weighted by molar-refractivity contribution is -0.137. The summed E-state index contributed by atoms with van der Waals surface area (Å²) >= 11 is 0. The Kier molecular flexibility index (Phi) is 9.65. The maximum Gasteiger partial charge on any atom is 0.308 e. The molecule has 1 heterocycles. The second-order valence-electron chi connectivity index (χ2n) is 8.02. The average molecular weight is 501 g/mol. The predicted octanol–water partition coefficient (Wildman–Crippen LogP) is 6.20. The lowest BCUT2D eigenvalue weighted by atomic mass is 9.88. The first-order valence-electron chi connectivity index (χ1n) is 11.1. The summed E-state index contributed by atoms with van der Waals surface area (Å²) in [7, 11) is 3.79. The minimum atomic E-state index is -0.751. The molecule has 1 aliphatic rings. The molecule has 0 spiro atoms. The molecule has 1 N–H and O–H groups in total. The minimum Gasteiger partial charge on any atom is -0.481 e. The van der Waals surface area contributed by atoms with E-state index in [1.165, 1.54) is 19.4 Å². The van der Waals surface area contributed by atoms with Crippen molar-refractivity contribution >= 4 is 51.6 Å². The van der Waals surface area contributed by atoms with Gasteiger partial charge < -0.3 is 14.6 Å². The molecule has 3 rings (SSSR count). The van der Waals surface area contributed by atoms with Gasteiger partial charge >= 0.3 is 17.9 Å². The lowest BCUT2D eigenvalue weighted by Crippen LogP contribution is -2.13. The van der Waals surface area contributed by atoms with Crippen LogP contribution in [-0.2, 0) is 14.4 Å². The van der Waals surface area contributed by atoms with E-state index in [9.17, 15) is 14.4 Å². The molecule has 2 unspecified atom stereocenters. The molecule has 6 nitrogen and oxygen atoms in total. The predicted molar refractivity (Wildman–Crippen MR) is 137 cm³/mol. The Labute approximate surface area is 207 Å². The molecule has 2 aromatic carbocycles. The van der Waals surface area contributed by atoms with Crippen molar-refractivity contribution in [2.75, 3.05) is 5.75 Å². The number of benzene rings is 2. The number of esters is 2. The van der Waals surface area contributed by atoms with Crippen LogP contribution in [-0.4, -0.2) is 34.0 Å². The van der Waals surface area contributed by atoms with Crippen LogP contribution in [0.15, 0.2) is 42.5 Å². The molecule has 2 atom stereocenters. The molecule has 1 fully saturated rings. The molecule has 180 valence electrons. The third-order valence-electron chi connectivity index (χ3n) is 5.35. The summed E-state index contributed by atoms with van der Waals surface area (Å²) in [5, 5.41) is 9.51. The number of carbonyl (C=O) groups is 3. The van der Waals surface area contributed by atoms with Crippen LogP contribution in [0.5, 0.6) is 11.5 Å². The van der Waals surface area contributed by atoms with E-state index in [-0.39, 0.29) is 6.42 Å². The fourth-order valence-electron chi connectivity index (χ4n) is 3.83. The first-order valence-corrected chi connectivity index (χ1v) is 13.5. The molecular weight excluding hydrogens is 472 g/mol. The standard InChI is InChI=1S/C26H28O6S2/c1-17(27)31-22-12-13-24(32-18(2)28)21(16-22)11-8-19-6-9-20(10-7-19)23(4-3-5-26(29)30)25-14-15-33-34-25/h6-13,16,23,25H,3-5,14-15H2,1-2H3,(H,29,30)/b11-8+. The van der Waals surface area contributed by atoms with Crippen molar-refractivity contribution in [2.24, 2.45) is 0 Å². The van der Waals surface area contributed by atoms with Gasteiger partial charge in [0.2, 0.25) is 0 Å². The molecule has 0 saturated carbocycles. The lowest BCUT2D eigenvalue weighted by Gasteiger charge is -2.22. The van der Waals surface area contributed by atoms with Crippen molar-refractivity contribution in [1.29, 1.82) is 0 Å². The van der Waals surface area contributed by atoms with E-state index < -0.39 is 17.9 Å². The second kappa shape index (κ2) is 12.7. The van der Waals surface area contributed by atoms with Crippen molar-refractivity contribution in [3.8, 4) is 11.5 Å². The molecular formula is C26H28O6S2. The van der Waals surface area contributed by atoms with Gasteiger partial charge in [0, 0.05) is 36.8 Å². The zero-order valence-corrected chi connectivity index (χ0v) is 20.8. The molecule has 0 amide bonds. The first kappa shape index (κ1) is 25.9. The Morgan fingerprint density at radius 2 is 1.79 bits per heavy atom. The number of hydrogen-bond donors (Lipinski definition) is 1. The first-order chi connectivity index (χ1) is 16.3. The fourth-order valence-corrected chi connectivity index (χ4v) is 7.04. The molecule has 34 heavy (non-hydrogen) atoms. The van der Waals surface area contributed by atoms with Crippen LogP contribution in [0, 0.1) is 0 Å². The SMILES string of the molecule is CC(=O)Oc1ccc(OC(C)=O)c(/C=C/c2ccc(C(CCCC(=O)O)C3CCSS3)cc2)c1. The minimum absolute atomic E-state index is 0.193. The second-order valence-corrected chi connectivity index (χ2v) is 10.8. The van der Waals surface area contributed by atoms with E-state index in [1.54, 1.807) is 18.2 Å². The zero-order valence-electron chi connectivity index (χ0n) is 19.2. The van der Waals surface area contributed by atoms with Crippen molar-refractivity contribution < 1.29 is 29.0 Å². The van der Waals surface area contributed by atoms with Crippen LogP contribution in [0.4, 0.5) is 0 Å². The Hall–Kier alpha value is -2.71. The summed E-state index contributed by atoms with van der Waals surface area (Å²) in [5.74, 6) is 0.591. The largest absolute Gasteiger partial charge is 0.481 e. The third-order valence-corrected chi connectivity index (χ3v) is 8.35. The zero-order chi connectivity index (χ0) is 24.5. The topological polar surface area (TPSA) is 89.9 Å². The van der Waals surface area contributed by atoms with Gasteiger partial charge in [-0.3, -0.25) is 14.4 Å². The highest BCUT2D eigenvalue weighted by Crippen LogP contribution is 2.46. The summed E-state index contributed by atoms with van der Waals surface area (Å²) in [6.07, 6.45) is 6.57. The molecule has 0 aromatic heterocycles. The fraction of sp³-hybridized carbons (Fsp3) is 0.346. The van der Waals surface area contributed by atoms with Gasteiger partial charge in [0.15, 0.2) is 0 Å². The van der Waals surface area contributed by atoms with Gasteiger partial charge in [-0.2, -0.15) is 0 Å².